The van der Waals surface area contributed by atoms with Crippen LogP contribution in [0.25, 0.3) is 0 Å². The average Bonchev–Trinajstić information content (AvgIpc) is 2.96. The lowest BCUT2D eigenvalue weighted by molar-refractivity contribution is -0.142. The van der Waals surface area contributed by atoms with Gasteiger partial charge in [-0.25, -0.2) is 4.79 Å². The van der Waals surface area contributed by atoms with Gasteiger partial charge in [0.25, 0.3) is 5.91 Å². The van der Waals surface area contributed by atoms with Gasteiger partial charge < -0.3 is 15.2 Å². The van der Waals surface area contributed by atoms with Gasteiger partial charge >= 0.3 is 5.97 Å². The number of hydrogen-bond donors (Lipinski definition) is 2. The number of aliphatic carboxylic acids is 1. The molecule has 0 aromatic carbocycles. The molecule has 0 bridgehead atoms. The molecule has 1 saturated heterocycles. The minimum Gasteiger partial charge on any atom is -0.480 e. The summed E-state index contributed by atoms with van der Waals surface area (Å²) < 4.78 is 7.21. The highest BCUT2D eigenvalue weighted by Gasteiger charge is 2.32. The Morgan fingerprint density at radius 3 is 2.71 bits per heavy atom. The summed E-state index contributed by atoms with van der Waals surface area (Å²) in [4.78, 5) is 24.0. The molecular formula is C17H27N3O4. The third-order valence-corrected chi connectivity index (χ3v) is 4.66. The van der Waals surface area contributed by atoms with Crippen molar-refractivity contribution in [1.29, 1.82) is 0 Å². The Labute approximate surface area is 142 Å². The van der Waals surface area contributed by atoms with E-state index in [-0.39, 0.29) is 17.7 Å². The van der Waals surface area contributed by atoms with Crippen LogP contribution < -0.4 is 5.32 Å². The first-order valence-electron chi connectivity index (χ1n) is 8.65. The largest absolute Gasteiger partial charge is 0.480 e. The lowest BCUT2D eigenvalue weighted by Crippen LogP contribution is -2.48. The summed E-state index contributed by atoms with van der Waals surface area (Å²) in [7, 11) is 0. The van der Waals surface area contributed by atoms with Gasteiger partial charge in [-0.3, -0.25) is 9.48 Å². The molecule has 7 nitrogen and oxygen atoms in total. The predicted molar refractivity (Wildman–Crippen MR) is 89.0 cm³/mol. The lowest BCUT2D eigenvalue weighted by Gasteiger charge is -2.27. The summed E-state index contributed by atoms with van der Waals surface area (Å²) >= 11 is 0. The molecule has 2 N–H and O–H groups in total. The molecule has 1 aliphatic heterocycles. The van der Waals surface area contributed by atoms with Gasteiger partial charge in [-0.15, -0.1) is 0 Å². The van der Waals surface area contributed by atoms with E-state index in [1.807, 2.05) is 11.6 Å². The summed E-state index contributed by atoms with van der Waals surface area (Å²) in [6.07, 6.45) is 3.40. The molecule has 1 aromatic heterocycles. The van der Waals surface area contributed by atoms with Gasteiger partial charge in [-0.2, -0.15) is 5.10 Å². The van der Waals surface area contributed by atoms with Gasteiger partial charge in [-0.05, 0) is 38.7 Å². The summed E-state index contributed by atoms with van der Waals surface area (Å²) in [5, 5.41) is 16.5. The fourth-order valence-electron chi connectivity index (χ4n) is 3.23. The molecule has 1 amide bonds. The highest BCUT2D eigenvalue weighted by atomic mass is 16.5. The molecule has 2 unspecified atom stereocenters. The smallest absolute Gasteiger partial charge is 0.326 e. The van der Waals surface area contributed by atoms with Crippen LogP contribution in [0.5, 0.6) is 0 Å². The number of amides is 1. The number of aryl methyl sites for hydroxylation is 1. The van der Waals surface area contributed by atoms with E-state index in [9.17, 15) is 14.7 Å². The summed E-state index contributed by atoms with van der Waals surface area (Å²) in [6.45, 7) is 7.08. The first kappa shape index (κ1) is 18.4. The fourth-order valence-corrected chi connectivity index (χ4v) is 3.23. The number of nitrogens with zero attached hydrogens (tertiary/aromatic N) is 2. The maximum absolute atomic E-state index is 12.5. The summed E-state index contributed by atoms with van der Waals surface area (Å²) in [5.74, 6) is -1.68. The van der Waals surface area contributed by atoms with Crippen molar-refractivity contribution >= 4 is 11.9 Å². The number of carbonyl (C=O) groups excluding carboxylic acids is 1. The number of ether oxygens (including phenoxy) is 1. The molecule has 2 heterocycles. The Hall–Kier alpha value is -1.89. The number of carboxylic acid groups (broad SMARTS) is 1. The molecule has 0 spiro atoms. The molecule has 0 radical (unpaired) electrons. The third kappa shape index (κ3) is 4.14. The topological polar surface area (TPSA) is 93.5 Å². The minimum atomic E-state index is -1.03. The SMILES string of the molecule is CCC(CC)n1nc(C(=O)NC(C(=O)O)C2CCCOC2)cc1C. The quantitative estimate of drug-likeness (QED) is 0.795. The lowest BCUT2D eigenvalue weighted by atomic mass is 9.93. The van der Waals surface area contributed by atoms with Crippen molar-refractivity contribution < 1.29 is 19.4 Å². The Morgan fingerprint density at radius 1 is 1.46 bits per heavy atom. The predicted octanol–water partition coefficient (Wildman–Crippen LogP) is 2.16. The van der Waals surface area contributed by atoms with Gasteiger partial charge in [0.2, 0.25) is 0 Å². The third-order valence-electron chi connectivity index (χ3n) is 4.66. The van der Waals surface area contributed by atoms with Crippen molar-refractivity contribution in [2.24, 2.45) is 5.92 Å². The van der Waals surface area contributed by atoms with E-state index in [1.165, 1.54) is 0 Å². The van der Waals surface area contributed by atoms with Crippen LogP contribution in [-0.2, 0) is 9.53 Å². The number of hydrogen-bond acceptors (Lipinski definition) is 4. The van der Waals surface area contributed by atoms with Crippen molar-refractivity contribution in [1.82, 2.24) is 15.1 Å². The molecule has 0 saturated carbocycles. The number of aromatic nitrogens is 2. The summed E-state index contributed by atoms with van der Waals surface area (Å²) in [5.41, 5.74) is 1.17. The summed E-state index contributed by atoms with van der Waals surface area (Å²) in [6, 6.07) is 1.01. The number of nitrogens with one attached hydrogen (secondary N) is 1. The van der Waals surface area contributed by atoms with Gasteiger partial charge in [0.05, 0.1) is 12.6 Å². The van der Waals surface area contributed by atoms with E-state index < -0.39 is 17.9 Å². The van der Waals surface area contributed by atoms with Crippen LogP contribution in [0, 0.1) is 12.8 Å². The van der Waals surface area contributed by atoms with Crippen LogP contribution >= 0.6 is 0 Å². The van der Waals surface area contributed by atoms with Crippen molar-refractivity contribution in [2.45, 2.75) is 58.5 Å². The van der Waals surface area contributed by atoms with E-state index in [0.29, 0.717) is 13.2 Å². The van der Waals surface area contributed by atoms with Gasteiger partial charge in [0.1, 0.15) is 11.7 Å². The molecular weight excluding hydrogens is 310 g/mol. The highest BCUT2D eigenvalue weighted by molar-refractivity contribution is 5.95. The first-order chi connectivity index (χ1) is 11.5. The zero-order valence-electron chi connectivity index (χ0n) is 14.6. The van der Waals surface area contributed by atoms with Crippen LogP contribution in [0.1, 0.15) is 61.8 Å². The van der Waals surface area contributed by atoms with Crippen LogP contribution in [0.15, 0.2) is 6.07 Å². The molecule has 134 valence electrons. The minimum absolute atomic E-state index is 0.206. The van der Waals surface area contributed by atoms with Crippen LogP contribution in [-0.4, -0.2) is 46.0 Å². The van der Waals surface area contributed by atoms with E-state index in [1.54, 1.807) is 6.07 Å². The van der Waals surface area contributed by atoms with Crippen LogP contribution in [0.3, 0.4) is 0 Å². The molecule has 1 aromatic rings. The zero-order valence-corrected chi connectivity index (χ0v) is 14.6. The zero-order chi connectivity index (χ0) is 17.7. The van der Waals surface area contributed by atoms with Gasteiger partial charge in [0.15, 0.2) is 0 Å². The maximum atomic E-state index is 12.5. The van der Waals surface area contributed by atoms with Crippen molar-refractivity contribution in [2.75, 3.05) is 13.2 Å². The fraction of sp³-hybridized carbons (Fsp3) is 0.706. The second kappa shape index (κ2) is 8.28. The van der Waals surface area contributed by atoms with E-state index in [4.69, 9.17) is 4.74 Å². The molecule has 1 fully saturated rings. The number of carboxylic acids is 1. The van der Waals surface area contributed by atoms with Crippen LogP contribution in [0.2, 0.25) is 0 Å². The van der Waals surface area contributed by atoms with Gasteiger partial charge in [0, 0.05) is 18.2 Å². The highest BCUT2D eigenvalue weighted by Crippen LogP contribution is 2.20. The van der Waals surface area contributed by atoms with Gasteiger partial charge in [-0.1, -0.05) is 13.8 Å². The normalized spacial score (nSPS) is 19.2. The Kier molecular flexibility index (Phi) is 6.36. The maximum Gasteiger partial charge on any atom is 0.326 e. The second-order valence-electron chi connectivity index (χ2n) is 6.35. The van der Waals surface area contributed by atoms with E-state index in [0.717, 1.165) is 31.4 Å². The molecule has 24 heavy (non-hydrogen) atoms. The standard InChI is InChI=1S/C17H27N3O4/c1-4-13(5-2)20-11(3)9-14(19-20)16(21)18-15(17(22)23)12-7-6-8-24-10-12/h9,12-13,15H,4-8,10H2,1-3H3,(H,18,21)(H,22,23). The Balaban J connectivity index is 2.12. The molecule has 2 atom stereocenters. The van der Waals surface area contributed by atoms with Crippen molar-refractivity contribution in [3.63, 3.8) is 0 Å². The van der Waals surface area contributed by atoms with Crippen LogP contribution in [0.4, 0.5) is 0 Å². The number of rotatable bonds is 7. The Bertz CT molecular complexity index is 574. The molecule has 1 aliphatic rings. The van der Waals surface area contributed by atoms with E-state index >= 15 is 0 Å². The second-order valence-corrected chi connectivity index (χ2v) is 6.35. The average molecular weight is 337 g/mol. The van der Waals surface area contributed by atoms with Crippen molar-refractivity contribution in [3.8, 4) is 0 Å². The molecule has 2 rings (SSSR count). The Morgan fingerprint density at radius 2 is 2.17 bits per heavy atom. The molecule has 7 heteroatoms. The molecule has 0 aliphatic carbocycles. The monoisotopic (exact) mass is 337 g/mol. The van der Waals surface area contributed by atoms with Crippen molar-refractivity contribution in [3.05, 3.63) is 17.5 Å². The number of carbonyl (C=O) groups is 2. The van der Waals surface area contributed by atoms with E-state index in [2.05, 4.69) is 24.3 Å². The first-order valence-corrected chi connectivity index (χ1v) is 8.65.